The number of amides is 2. The lowest BCUT2D eigenvalue weighted by Crippen LogP contribution is -2.27. The third-order valence-corrected chi connectivity index (χ3v) is 4.25. The van der Waals surface area contributed by atoms with Gasteiger partial charge in [-0.3, -0.25) is 9.59 Å². The molecule has 0 spiro atoms. The van der Waals surface area contributed by atoms with Crippen molar-refractivity contribution < 1.29 is 14.3 Å². The molecular weight excluding hydrogens is 322 g/mol. The lowest BCUT2D eigenvalue weighted by Gasteiger charge is -2.13. The van der Waals surface area contributed by atoms with Gasteiger partial charge in [-0.15, -0.1) is 0 Å². The normalized spacial score (nSPS) is 16.3. The van der Waals surface area contributed by atoms with Gasteiger partial charge >= 0.3 is 0 Å². The third-order valence-electron chi connectivity index (χ3n) is 3.38. The molecule has 0 atom stereocenters. The number of imide groups is 1. The number of ether oxygens (including phenoxy) is 1. The van der Waals surface area contributed by atoms with Crippen LogP contribution in [0.1, 0.15) is 19.4 Å². The molecule has 5 heteroatoms. The molecule has 1 aliphatic heterocycles. The molecule has 0 unspecified atom stereocenters. The molecule has 0 aliphatic carbocycles. The number of carbonyl (C=O) groups is 2. The SMILES string of the molecule is CC(C)Oc1ccccc1/C=C1/SC(=O)N(c2ccccc2)C1=O. The minimum atomic E-state index is -0.310. The van der Waals surface area contributed by atoms with Gasteiger partial charge in [0.1, 0.15) is 5.75 Å². The fourth-order valence-electron chi connectivity index (χ4n) is 2.37. The van der Waals surface area contributed by atoms with Crippen LogP contribution in [-0.4, -0.2) is 17.3 Å². The summed E-state index contributed by atoms with van der Waals surface area (Å²) in [7, 11) is 0. The third kappa shape index (κ3) is 3.36. The van der Waals surface area contributed by atoms with Crippen molar-refractivity contribution in [2.75, 3.05) is 4.90 Å². The van der Waals surface area contributed by atoms with Gasteiger partial charge in [-0.25, -0.2) is 4.90 Å². The van der Waals surface area contributed by atoms with Crippen LogP contribution in [0, 0.1) is 0 Å². The summed E-state index contributed by atoms with van der Waals surface area (Å²) < 4.78 is 5.77. The predicted octanol–water partition coefficient (Wildman–Crippen LogP) is 4.71. The van der Waals surface area contributed by atoms with E-state index in [9.17, 15) is 9.59 Å². The standard InChI is InChI=1S/C19H17NO3S/c1-13(2)23-16-11-7-6-8-14(16)12-17-18(21)20(19(22)24-17)15-9-4-3-5-10-15/h3-13H,1-2H3/b17-12+. The average Bonchev–Trinajstić information content (AvgIpc) is 2.83. The summed E-state index contributed by atoms with van der Waals surface area (Å²) in [5, 5.41) is -0.292. The first kappa shape index (κ1) is 16.3. The molecule has 1 heterocycles. The van der Waals surface area contributed by atoms with Gasteiger partial charge in [-0.05, 0) is 49.9 Å². The molecule has 0 saturated carbocycles. The molecule has 122 valence electrons. The quantitative estimate of drug-likeness (QED) is 0.757. The fraction of sp³-hybridized carbons (Fsp3) is 0.158. The van der Waals surface area contributed by atoms with Gasteiger partial charge in [0.2, 0.25) is 0 Å². The number of thioether (sulfide) groups is 1. The molecular formula is C19H17NO3S. The van der Waals surface area contributed by atoms with Crippen molar-refractivity contribution in [2.24, 2.45) is 0 Å². The maximum atomic E-state index is 12.6. The zero-order valence-electron chi connectivity index (χ0n) is 13.4. The van der Waals surface area contributed by atoms with Crippen molar-refractivity contribution in [3.05, 3.63) is 65.1 Å². The highest BCUT2D eigenvalue weighted by atomic mass is 32.2. The van der Waals surface area contributed by atoms with Gasteiger partial charge in [0.15, 0.2) is 0 Å². The second-order valence-electron chi connectivity index (χ2n) is 5.56. The van der Waals surface area contributed by atoms with Gasteiger partial charge in [0.25, 0.3) is 11.1 Å². The first-order chi connectivity index (χ1) is 11.6. The Morgan fingerprint density at radius 3 is 2.38 bits per heavy atom. The van der Waals surface area contributed by atoms with E-state index in [1.54, 1.807) is 30.3 Å². The number of nitrogens with zero attached hydrogens (tertiary/aromatic N) is 1. The molecule has 2 aromatic rings. The maximum absolute atomic E-state index is 12.6. The molecule has 1 aliphatic rings. The summed E-state index contributed by atoms with van der Waals surface area (Å²) in [5.41, 5.74) is 1.36. The summed E-state index contributed by atoms with van der Waals surface area (Å²) in [6.07, 6.45) is 1.74. The molecule has 0 N–H and O–H groups in total. The lowest BCUT2D eigenvalue weighted by molar-refractivity contribution is -0.113. The average molecular weight is 339 g/mol. The second-order valence-corrected chi connectivity index (χ2v) is 6.55. The van der Waals surface area contributed by atoms with Gasteiger partial charge in [0, 0.05) is 5.56 Å². The summed E-state index contributed by atoms with van der Waals surface area (Å²) in [4.78, 5) is 26.5. The number of para-hydroxylation sites is 2. The Morgan fingerprint density at radius 1 is 1.00 bits per heavy atom. The van der Waals surface area contributed by atoms with Gasteiger partial charge < -0.3 is 4.74 Å². The number of hydrogen-bond donors (Lipinski definition) is 0. The molecule has 0 radical (unpaired) electrons. The number of carbonyl (C=O) groups excluding carboxylic acids is 2. The molecule has 1 fully saturated rings. The van der Waals surface area contributed by atoms with E-state index in [4.69, 9.17) is 4.74 Å². The van der Waals surface area contributed by atoms with Crippen molar-refractivity contribution in [1.29, 1.82) is 0 Å². The summed E-state index contributed by atoms with van der Waals surface area (Å²) in [6, 6.07) is 16.4. The lowest BCUT2D eigenvalue weighted by atomic mass is 10.1. The highest BCUT2D eigenvalue weighted by Crippen LogP contribution is 2.36. The Morgan fingerprint density at radius 2 is 1.67 bits per heavy atom. The van der Waals surface area contributed by atoms with Crippen molar-refractivity contribution in [3.8, 4) is 5.75 Å². The fourth-order valence-corrected chi connectivity index (χ4v) is 3.20. The smallest absolute Gasteiger partial charge is 0.298 e. The van der Waals surface area contributed by atoms with Crippen LogP contribution in [0.15, 0.2) is 59.5 Å². The van der Waals surface area contributed by atoms with Crippen LogP contribution in [0.2, 0.25) is 0 Å². The number of hydrogen-bond acceptors (Lipinski definition) is 4. The first-order valence-electron chi connectivity index (χ1n) is 7.65. The van der Waals surface area contributed by atoms with Crippen LogP contribution in [0.5, 0.6) is 5.75 Å². The predicted molar refractivity (Wildman–Crippen MR) is 97.1 cm³/mol. The Bertz CT molecular complexity index is 799. The largest absolute Gasteiger partial charge is 0.490 e. The van der Waals surface area contributed by atoms with Crippen molar-refractivity contribution in [1.82, 2.24) is 0 Å². The number of rotatable bonds is 4. The molecule has 1 saturated heterocycles. The van der Waals surface area contributed by atoms with Crippen molar-refractivity contribution in [2.45, 2.75) is 20.0 Å². The molecule has 4 nitrogen and oxygen atoms in total. The van der Waals surface area contributed by atoms with Gasteiger partial charge in [0.05, 0.1) is 16.7 Å². The highest BCUT2D eigenvalue weighted by molar-refractivity contribution is 8.19. The van der Waals surface area contributed by atoms with E-state index in [1.165, 1.54) is 4.90 Å². The minimum Gasteiger partial charge on any atom is -0.490 e. The Hall–Kier alpha value is -2.53. The van der Waals surface area contributed by atoms with Crippen molar-refractivity contribution in [3.63, 3.8) is 0 Å². The molecule has 0 aromatic heterocycles. The van der Waals surface area contributed by atoms with Gasteiger partial charge in [-0.2, -0.15) is 0 Å². The molecule has 0 bridgehead atoms. The zero-order valence-corrected chi connectivity index (χ0v) is 14.2. The highest BCUT2D eigenvalue weighted by Gasteiger charge is 2.36. The first-order valence-corrected chi connectivity index (χ1v) is 8.46. The molecule has 2 aromatic carbocycles. The van der Waals surface area contributed by atoms with Gasteiger partial charge in [-0.1, -0.05) is 36.4 Å². The molecule has 3 rings (SSSR count). The second kappa shape index (κ2) is 6.93. The minimum absolute atomic E-state index is 0.0268. The summed E-state index contributed by atoms with van der Waals surface area (Å²) >= 11 is 0.942. The maximum Gasteiger partial charge on any atom is 0.298 e. The topological polar surface area (TPSA) is 46.6 Å². The monoisotopic (exact) mass is 339 g/mol. The van der Waals surface area contributed by atoms with E-state index in [0.29, 0.717) is 16.3 Å². The number of anilines is 1. The van der Waals surface area contributed by atoms with Crippen molar-refractivity contribution >= 4 is 34.7 Å². The summed E-state index contributed by atoms with van der Waals surface area (Å²) in [5.74, 6) is 0.384. The van der Waals surface area contributed by atoms with E-state index in [1.807, 2.05) is 44.2 Å². The van der Waals surface area contributed by atoms with E-state index in [2.05, 4.69) is 0 Å². The van der Waals surface area contributed by atoms with Crippen LogP contribution in [0.25, 0.3) is 6.08 Å². The van der Waals surface area contributed by atoms with Crippen LogP contribution in [0.3, 0.4) is 0 Å². The Kier molecular flexibility index (Phi) is 4.71. The van der Waals surface area contributed by atoms with E-state index in [-0.39, 0.29) is 17.3 Å². The molecule has 2 amide bonds. The van der Waals surface area contributed by atoms with Crippen LogP contribution < -0.4 is 9.64 Å². The Labute approximate surface area is 145 Å². The molecule has 24 heavy (non-hydrogen) atoms. The summed E-state index contributed by atoms with van der Waals surface area (Å²) in [6.45, 7) is 3.89. The number of benzene rings is 2. The van der Waals surface area contributed by atoms with E-state index in [0.717, 1.165) is 17.3 Å². The Balaban J connectivity index is 1.93. The zero-order chi connectivity index (χ0) is 17.1. The van der Waals surface area contributed by atoms with Crippen LogP contribution >= 0.6 is 11.8 Å². The van der Waals surface area contributed by atoms with E-state index < -0.39 is 0 Å². The van der Waals surface area contributed by atoms with E-state index >= 15 is 0 Å². The van der Waals surface area contributed by atoms with Crippen LogP contribution in [0.4, 0.5) is 10.5 Å². The van der Waals surface area contributed by atoms with Crippen LogP contribution in [-0.2, 0) is 4.79 Å².